The molecular formula is C16H24O4. The van der Waals surface area contributed by atoms with Crippen molar-refractivity contribution in [1.29, 1.82) is 0 Å². The van der Waals surface area contributed by atoms with E-state index in [9.17, 15) is 9.90 Å². The Morgan fingerprint density at radius 3 is 2.45 bits per heavy atom. The van der Waals surface area contributed by atoms with E-state index in [4.69, 9.17) is 9.47 Å². The number of carbonyl (C=O) groups excluding carboxylic acids is 1. The summed E-state index contributed by atoms with van der Waals surface area (Å²) < 4.78 is 9.98. The van der Waals surface area contributed by atoms with Crippen LogP contribution < -0.4 is 4.74 Å². The van der Waals surface area contributed by atoms with E-state index in [1.54, 1.807) is 6.07 Å². The third-order valence-corrected chi connectivity index (χ3v) is 3.33. The van der Waals surface area contributed by atoms with Gasteiger partial charge in [0.1, 0.15) is 17.1 Å². The molecule has 0 aliphatic heterocycles. The van der Waals surface area contributed by atoms with E-state index in [1.807, 2.05) is 0 Å². The molecule has 0 heterocycles. The highest BCUT2D eigenvalue weighted by molar-refractivity contribution is 5.94. The molecule has 0 aliphatic rings. The molecule has 0 bridgehead atoms. The van der Waals surface area contributed by atoms with Crippen LogP contribution in [0.25, 0.3) is 0 Å². The molecule has 0 spiro atoms. The van der Waals surface area contributed by atoms with Crippen LogP contribution in [-0.2, 0) is 11.2 Å². The molecular weight excluding hydrogens is 256 g/mol. The molecule has 112 valence electrons. The number of phenolic OH excluding ortho intramolecular Hbond substituents is 1. The summed E-state index contributed by atoms with van der Waals surface area (Å²) in [5, 5.41) is 9.71. The highest BCUT2D eigenvalue weighted by atomic mass is 16.5. The van der Waals surface area contributed by atoms with E-state index >= 15 is 0 Å². The Labute approximate surface area is 120 Å². The second kappa shape index (κ2) is 8.46. The van der Waals surface area contributed by atoms with Gasteiger partial charge < -0.3 is 14.6 Å². The molecule has 0 saturated heterocycles. The molecule has 0 amide bonds. The highest BCUT2D eigenvalue weighted by Crippen LogP contribution is 2.30. The Morgan fingerprint density at radius 2 is 1.85 bits per heavy atom. The smallest absolute Gasteiger partial charge is 0.341 e. The van der Waals surface area contributed by atoms with Crippen molar-refractivity contribution < 1.29 is 19.4 Å². The zero-order valence-corrected chi connectivity index (χ0v) is 12.6. The predicted octanol–water partition coefficient (Wildman–Crippen LogP) is 3.70. The van der Waals surface area contributed by atoms with Crippen LogP contribution in [0.1, 0.15) is 54.9 Å². The maximum atomic E-state index is 11.9. The lowest BCUT2D eigenvalue weighted by Gasteiger charge is -2.13. The second-order valence-corrected chi connectivity index (χ2v) is 4.84. The first-order valence-electron chi connectivity index (χ1n) is 7.12. The number of aromatic hydroxyl groups is 1. The van der Waals surface area contributed by atoms with Gasteiger partial charge in [0.2, 0.25) is 0 Å². The largest absolute Gasteiger partial charge is 0.508 e. The first-order valence-corrected chi connectivity index (χ1v) is 7.12. The molecule has 0 aliphatic carbocycles. The molecule has 1 aromatic rings. The normalized spacial score (nSPS) is 10.3. The van der Waals surface area contributed by atoms with Gasteiger partial charge in [-0.3, -0.25) is 0 Å². The minimum atomic E-state index is -0.426. The number of unbranched alkanes of at least 4 members (excludes halogenated alkanes) is 4. The molecule has 0 aromatic heterocycles. The number of aryl methyl sites for hydroxylation is 1. The van der Waals surface area contributed by atoms with Crippen LogP contribution in [-0.4, -0.2) is 25.3 Å². The summed E-state index contributed by atoms with van der Waals surface area (Å²) in [6.07, 6.45) is 6.46. The summed E-state index contributed by atoms with van der Waals surface area (Å²) in [4.78, 5) is 11.9. The fourth-order valence-corrected chi connectivity index (χ4v) is 2.27. The summed E-state index contributed by atoms with van der Waals surface area (Å²) in [6.45, 7) is 2.18. The first-order chi connectivity index (χ1) is 9.63. The van der Waals surface area contributed by atoms with Crippen LogP contribution in [0.15, 0.2) is 12.1 Å². The Hall–Kier alpha value is -1.71. The fraction of sp³-hybridized carbons (Fsp3) is 0.562. The Kier molecular flexibility index (Phi) is 6.91. The molecule has 0 radical (unpaired) electrons. The van der Waals surface area contributed by atoms with Crippen molar-refractivity contribution in [3.05, 3.63) is 23.3 Å². The van der Waals surface area contributed by atoms with E-state index in [-0.39, 0.29) is 5.75 Å². The van der Waals surface area contributed by atoms with Gasteiger partial charge in [-0.2, -0.15) is 0 Å². The standard InChI is InChI=1S/C16H24O4/c1-4-5-6-7-8-9-12-10-13(17)11-14(19-2)15(12)16(18)20-3/h10-11,17H,4-9H2,1-3H3. The molecule has 4 nitrogen and oxygen atoms in total. The van der Waals surface area contributed by atoms with Crippen molar-refractivity contribution in [2.75, 3.05) is 14.2 Å². The maximum Gasteiger partial charge on any atom is 0.341 e. The molecule has 0 fully saturated rings. The minimum absolute atomic E-state index is 0.109. The highest BCUT2D eigenvalue weighted by Gasteiger charge is 2.19. The number of phenols is 1. The summed E-state index contributed by atoms with van der Waals surface area (Å²) >= 11 is 0. The van der Waals surface area contributed by atoms with E-state index < -0.39 is 5.97 Å². The van der Waals surface area contributed by atoms with E-state index in [0.29, 0.717) is 11.3 Å². The quantitative estimate of drug-likeness (QED) is 0.582. The lowest BCUT2D eigenvalue weighted by atomic mass is 9.99. The average molecular weight is 280 g/mol. The monoisotopic (exact) mass is 280 g/mol. The van der Waals surface area contributed by atoms with Crippen molar-refractivity contribution in [2.45, 2.75) is 45.4 Å². The zero-order valence-electron chi connectivity index (χ0n) is 12.6. The van der Waals surface area contributed by atoms with E-state index in [1.165, 1.54) is 39.5 Å². The van der Waals surface area contributed by atoms with Gasteiger partial charge in [0, 0.05) is 6.07 Å². The number of hydrogen-bond acceptors (Lipinski definition) is 4. The third-order valence-electron chi connectivity index (χ3n) is 3.33. The van der Waals surface area contributed by atoms with Gasteiger partial charge >= 0.3 is 5.97 Å². The Morgan fingerprint density at radius 1 is 1.15 bits per heavy atom. The third kappa shape index (κ3) is 4.44. The van der Waals surface area contributed by atoms with Crippen LogP contribution in [0.4, 0.5) is 0 Å². The molecule has 1 aromatic carbocycles. The van der Waals surface area contributed by atoms with Crippen molar-refractivity contribution in [3.63, 3.8) is 0 Å². The molecule has 1 N–H and O–H groups in total. The van der Waals surface area contributed by atoms with Gasteiger partial charge in [0.25, 0.3) is 0 Å². The van der Waals surface area contributed by atoms with E-state index in [2.05, 4.69) is 6.92 Å². The van der Waals surface area contributed by atoms with Crippen molar-refractivity contribution in [3.8, 4) is 11.5 Å². The molecule has 0 atom stereocenters. The van der Waals surface area contributed by atoms with Crippen LogP contribution >= 0.6 is 0 Å². The first kappa shape index (κ1) is 16.3. The number of hydrogen-bond donors (Lipinski definition) is 1. The summed E-state index contributed by atoms with van der Waals surface area (Å²) in [6, 6.07) is 3.06. The number of ether oxygens (including phenoxy) is 2. The van der Waals surface area contributed by atoms with Crippen molar-refractivity contribution in [2.24, 2.45) is 0 Å². The summed E-state index contributed by atoms with van der Waals surface area (Å²) in [7, 11) is 2.83. The molecule has 0 saturated carbocycles. The lowest BCUT2D eigenvalue weighted by Crippen LogP contribution is -2.08. The van der Waals surface area contributed by atoms with Crippen LogP contribution in [0.2, 0.25) is 0 Å². The lowest BCUT2D eigenvalue weighted by molar-refractivity contribution is 0.0595. The zero-order chi connectivity index (χ0) is 15.0. The number of rotatable bonds is 8. The van der Waals surface area contributed by atoms with Crippen molar-refractivity contribution >= 4 is 5.97 Å². The predicted molar refractivity (Wildman–Crippen MR) is 78.5 cm³/mol. The van der Waals surface area contributed by atoms with Gasteiger partial charge in [-0.05, 0) is 24.5 Å². The van der Waals surface area contributed by atoms with Crippen LogP contribution in [0, 0.1) is 0 Å². The topological polar surface area (TPSA) is 55.8 Å². The average Bonchev–Trinajstić information content (AvgIpc) is 2.45. The van der Waals surface area contributed by atoms with Gasteiger partial charge in [-0.25, -0.2) is 4.79 Å². The van der Waals surface area contributed by atoms with Crippen LogP contribution in [0.3, 0.4) is 0 Å². The van der Waals surface area contributed by atoms with E-state index in [0.717, 1.165) is 24.8 Å². The SMILES string of the molecule is CCCCCCCc1cc(O)cc(OC)c1C(=O)OC. The Bertz CT molecular complexity index is 440. The molecule has 4 heteroatoms. The fourth-order valence-electron chi connectivity index (χ4n) is 2.27. The van der Waals surface area contributed by atoms with Crippen LogP contribution in [0.5, 0.6) is 11.5 Å². The number of esters is 1. The van der Waals surface area contributed by atoms with Crippen molar-refractivity contribution in [1.82, 2.24) is 0 Å². The summed E-state index contributed by atoms with van der Waals surface area (Å²) in [5.41, 5.74) is 1.20. The van der Waals surface area contributed by atoms with Gasteiger partial charge in [0.05, 0.1) is 14.2 Å². The van der Waals surface area contributed by atoms with Gasteiger partial charge in [-0.15, -0.1) is 0 Å². The minimum Gasteiger partial charge on any atom is -0.508 e. The van der Waals surface area contributed by atoms with Gasteiger partial charge in [0.15, 0.2) is 0 Å². The summed E-state index contributed by atoms with van der Waals surface area (Å²) in [5.74, 6) is 0.0453. The Balaban J connectivity index is 2.86. The maximum absolute atomic E-state index is 11.9. The molecule has 1 rings (SSSR count). The number of carbonyl (C=O) groups is 1. The molecule has 20 heavy (non-hydrogen) atoms. The molecule has 0 unspecified atom stereocenters. The second-order valence-electron chi connectivity index (χ2n) is 4.84. The number of methoxy groups -OCH3 is 2. The van der Waals surface area contributed by atoms with Gasteiger partial charge in [-0.1, -0.05) is 32.6 Å². The number of benzene rings is 1.